The monoisotopic (exact) mass is 359 g/mol. The van der Waals surface area contributed by atoms with Crippen LogP contribution >= 0.6 is 27.5 Å². The smallest absolute Gasteiger partial charge is 0.0683 e. The van der Waals surface area contributed by atoms with Crippen molar-refractivity contribution in [2.75, 3.05) is 0 Å². The molecule has 112 valence electrons. The van der Waals surface area contributed by atoms with Crippen LogP contribution in [0.15, 0.2) is 22.7 Å². The minimum atomic E-state index is -0.533. The summed E-state index contributed by atoms with van der Waals surface area (Å²) in [5, 5.41) is 0.699. The van der Waals surface area contributed by atoms with Gasteiger partial charge in [0.25, 0.3) is 0 Å². The normalized spacial score (nSPS) is 27.3. The average molecular weight is 361 g/mol. The molecule has 1 saturated heterocycles. The third kappa shape index (κ3) is 2.92. The Bertz CT molecular complexity index is 525. The summed E-state index contributed by atoms with van der Waals surface area (Å²) in [4.78, 5) is 0. The molecule has 4 heteroatoms. The first-order valence-corrected chi connectivity index (χ1v) is 8.07. The van der Waals surface area contributed by atoms with Gasteiger partial charge in [-0.3, -0.25) is 0 Å². The van der Waals surface area contributed by atoms with Gasteiger partial charge in [0.2, 0.25) is 0 Å². The SMILES string of the molecule is CC1(C)CC(C(C)(N)c2ccc(Br)cc2Cl)C(C)(C)O1. The van der Waals surface area contributed by atoms with Gasteiger partial charge >= 0.3 is 0 Å². The lowest BCUT2D eigenvalue weighted by molar-refractivity contribution is -0.0814. The van der Waals surface area contributed by atoms with Crippen molar-refractivity contribution in [1.82, 2.24) is 0 Å². The van der Waals surface area contributed by atoms with Crippen LogP contribution in [0.3, 0.4) is 0 Å². The summed E-state index contributed by atoms with van der Waals surface area (Å²) in [6, 6.07) is 5.89. The van der Waals surface area contributed by atoms with Crippen LogP contribution in [0.4, 0.5) is 0 Å². The highest BCUT2D eigenvalue weighted by molar-refractivity contribution is 9.10. The van der Waals surface area contributed by atoms with Crippen LogP contribution in [0.5, 0.6) is 0 Å². The molecule has 0 spiro atoms. The number of hydrogen-bond acceptors (Lipinski definition) is 2. The maximum Gasteiger partial charge on any atom is 0.0683 e. The van der Waals surface area contributed by atoms with E-state index in [2.05, 4.69) is 50.5 Å². The summed E-state index contributed by atoms with van der Waals surface area (Å²) in [6.07, 6.45) is 0.916. The minimum Gasteiger partial charge on any atom is -0.369 e. The highest BCUT2D eigenvalue weighted by atomic mass is 79.9. The molecule has 1 aromatic carbocycles. The Labute approximate surface area is 135 Å². The number of rotatable bonds is 2. The quantitative estimate of drug-likeness (QED) is 0.816. The van der Waals surface area contributed by atoms with Gasteiger partial charge in [0.15, 0.2) is 0 Å². The summed E-state index contributed by atoms with van der Waals surface area (Å²) in [5.74, 6) is 0.198. The summed E-state index contributed by atoms with van der Waals surface area (Å²) < 4.78 is 7.15. The molecule has 2 rings (SSSR count). The number of hydrogen-bond donors (Lipinski definition) is 1. The van der Waals surface area contributed by atoms with E-state index in [0.717, 1.165) is 16.5 Å². The van der Waals surface area contributed by atoms with Crippen LogP contribution in [0.1, 0.15) is 46.6 Å². The van der Waals surface area contributed by atoms with E-state index in [-0.39, 0.29) is 17.1 Å². The summed E-state index contributed by atoms with van der Waals surface area (Å²) in [5.41, 5.74) is 6.72. The van der Waals surface area contributed by atoms with Crippen molar-refractivity contribution in [3.8, 4) is 0 Å². The lowest BCUT2D eigenvalue weighted by Crippen LogP contribution is -2.48. The van der Waals surface area contributed by atoms with E-state index < -0.39 is 5.54 Å². The largest absolute Gasteiger partial charge is 0.369 e. The first kappa shape index (κ1) is 16.3. The summed E-state index contributed by atoms with van der Waals surface area (Å²) >= 11 is 9.84. The molecule has 1 aromatic rings. The molecule has 0 aliphatic carbocycles. The zero-order valence-corrected chi connectivity index (χ0v) is 15.1. The van der Waals surface area contributed by atoms with E-state index in [4.69, 9.17) is 22.1 Å². The van der Waals surface area contributed by atoms with Crippen molar-refractivity contribution in [3.05, 3.63) is 33.3 Å². The van der Waals surface area contributed by atoms with Crippen LogP contribution in [0.25, 0.3) is 0 Å². The van der Waals surface area contributed by atoms with Crippen molar-refractivity contribution in [1.29, 1.82) is 0 Å². The van der Waals surface area contributed by atoms with Gasteiger partial charge < -0.3 is 10.5 Å². The third-order valence-electron chi connectivity index (χ3n) is 4.31. The van der Waals surface area contributed by atoms with Crippen molar-refractivity contribution in [2.45, 2.75) is 57.8 Å². The van der Waals surface area contributed by atoms with Crippen molar-refractivity contribution < 1.29 is 4.74 Å². The molecule has 0 aromatic heterocycles. The Morgan fingerprint density at radius 3 is 2.40 bits per heavy atom. The molecule has 0 saturated carbocycles. The fraction of sp³-hybridized carbons (Fsp3) is 0.625. The molecular weight excluding hydrogens is 338 g/mol. The standard InChI is InChI=1S/C16H23BrClNO/c1-14(2)9-13(15(3,4)20-14)16(5,19)11-7-6-10(17)8-12(11)18/h6-8,13H,9,19H2,1-5H3. The van der Waals surface area contributed by atoms with E-state index >= 15 is 0 Å². The van der Waals surface area contributed by atoms with E-state index in [9.17, 15) is 0 Å². The van der Waals surface area contributed by atoms with Gasteiger partial charge in [-0.15, -0.1) is 0 Å². The molecule has 0 radical (unpaired) electrons. The lowest BCUT2D eigenvalue weighted by atomic mass is 9.70. The van der Waals surface area contributed by atoms with Crippen LogP contribution in [-0.4, -0.2) is 11.2 Å². The maximum atomic E-state index is 6.71. The topological polar surface area (TPSA) is 35.2 Å². The Kier molecular flexibility index (Phi) is 4.05. The predicted molar refractivity (Wildman–Crippen MR) is 88.0 cm³/mol. The zero-order chi connectivity index (χ0) is 15.3. The van der Waals surface area contributed by atoms with Crippen molar-refractivity contribution in [2.24, 2.45) is 11.7 Å². The minimum absolute atomic E-state index is 0.156. The highest BCUT2D eigenvalue weighted by Gasteiger charge is 2.53. The first-order chi connectivity index (χ1) is 8.96. The second-order valence-corrected chi connectivity index (χ2v) is 8.45. The molecule has 2 N–H and O–H groups in total. The van der Waals surface area contributed by atoms with E-state index in [0.29, 0.717) is 5.02 Å². The molecule has 1 fully saturated rings. The van der Waals surface area contributed by atoms with Crippen molar-refractivity contribution >= 4 is 27.5 Å². The van der Waals surface area contributed by atoms with Gasteiger partial charge in [0.1, 0.15) is 0 Å². The average Bonchev–Trinajstić information content (AvgIpc) is 2.46. The van der Waals surface area contributed by atoms with Gasteiger partial charge in [-0.25, -0.2) is 0 Å². The second kappa shape index (κ2) is 4.98. The molecule has 1 heterocycles. The lowest BCUT2D eigenvalue weighted by Gasteiger charge is -2.39. The third-order valence-corrected chi connectivity index (χ3v) is 5.12. The van der Waals surface area contributed by atoms with Gasteiger partial charge in [-0.2, -0.15) is 0 Å². The van der Waals surface area contributed by atoms with Crippen LogP contribution < -0.4 is 5.73 Å². The maximum absolute atomic E-state index is 6.71. The molecule has 0 amide bonds. The van der Waals surface area contributed by atoms with Gasteiger partial charge in [0.05, 0.1) is 11.2 Å². The fourth-order valence-corrected chi connectivity index (χ4v) is 4.49. The molecule has 2 atom stereocenters. The fourth-order valence-electron chi connectivity index (χ4n) is 3.61. The van der Waals surface area contributed by atoms with Crippen LogP contribution in [-0.2, 0) is 10.3 Å². The second-order valence-electron chi connectivity index (χ2n) is 7.13. The van der Waals surface area contributed by atoms with E-state index in [1.807, 2.05) is 18.2 Å². The molecule has 2 nitrogen and oxygen atoms in total. The first-order valence-electron chi connectivity index (χ1n) is 6.90. The molecule has 0 bridgehead atoms. The number of benzene rings is 1. The van der Waals surface area contributed by atoms with Gasteiger partial charge in [0, 0.05) is 21.0 Å². The molecule has 1 aliphatic heterocycles. The summed E-state index contributed by atoms with van der Waals surface area (Å²) in [7, 11) is 0. The number of ether oxygens (including phenoxy) is 1. The molecule has 20 heavy (non-hydrogen) atoms. The number of halogens is 2. The number of nitrogens with two attached hydrogens (primary N) is 1. The van der Waals surface area contributed by atoms with E-state index in [1.165, 1.54) is 0 Å². The van der Waals surface area contributed by atoms with E-state index in [1.54, 1.807) is 0 Å². The predicted octanol–water partition coefficient (Wildman–Crippen LogP) is 4.87. The van der Waals surface area contributed by atoms with Crippen molar-refractivity contribution in [3.63, 3.8) is 0 Å². The Balaban J connectivity index is 2.44. The van der Waals surface area contributed by atoms with Crippen LogP contribution in [0, 0.1) is 5.92 Å². The molecular formula is C16H23BrClNO. The molecule has 2 unspecified atom stereocenters. The van der Waals surface area contributed by atoms with Gasteiger partial charge in [-0.05, 0) is 58.7 Å². The summed E-state index contributed by atoms with van der Waals surface area (Å²) in [6.45, 7) is 10.5. The zero-order valence-electron chi connectivity index (χ0n) is 12.8. The van der Waals surface area contributed by atoms with Crippen LogP contribution in [0.2, 0.25) is 5.02 Å². The Morgan fingerprint density at radius 2 is 1.95 bits per heavy atom. The Morgan fingerprint density at radius 1 is 1.35 bits per heavy atom. The highest BCUT2D eigenvalue weighted by Crippen LogP contribution is 2.50. The van der Waals surface area contributed by atoms with Gasteiger partial charge in [-0.1, -0.05) is 33.6 Å². The molecule has 1 aliphatic rings. The Hall–Kier alpha value is -0.0900.